The summed E-state index contributed by atoms with van der Waals surface area (Å²) in [5.41, 5.74) is 0.451. The fraction of sp³-hybridized carbons (Fsp3) is 0.562. The van der Waals surface area contributed by atoms with Gasteiger partial charge in [0.25, 0.3) is 5.91 Å². The minimum atomic E-state index is -3.53. The highest BCUT2D eigenvalue weighted by Gasteiger charge is 2.24. The first-order valence-electron chi connectivity index (χ1n) is 7.82. The zero-order valence-electron chi connectivity index (χ0n) is 13.3. The Morgan fingerprint density at radius 3 is 2.59 bits per heavy atom. The summed E-state index contributed by atoms with van der Waals surface area (Å²) >= 11 is 0. The number of carbonyl (C=O) groups excluding carboxylic acids is 1. The molecule has 0 aromatic heterocycles. The van der Waals surface area contributed by atoms with Gasteiger partial charge in [-0.15, -0.1) is 0 Å². The maximum atomic E-state index is 12.5. The van der Waals surface area contributed by atoms with E-state index < -0.39 is 10.0 Å². The van der Waals surface area contributed by atoms with Crippen molar-refractivity contribution in [1.29, 1.82) is 0 Å². The number of hydrogen-bond donors (Lipinski definition) is 0. The zero-order valence-corrected chi connectivity index (χ0v) is 14.1. The molecule has 6 heteroatoms. The zero-order chi connectivity index (χ0) is 16.2. The Hall–Kier alpha value is -1.40. The Bertz CT molecular complexity index is 622. The van der Waals surface area contributed by atoms with Crippen molar-refractivity contribution >= 4 is 15.9 Å². The first-order chi connectivity index (χ1) is 10.5. The average Bonchev–Trinajstić information content (AvgIpc) is 3.06. The van der Waals surface area contributed by atoms with Gasteiger partial charge in [-0.25, -0.2) is 12.7 Å². The Kier molecular flexibility index (Phi) is 5.58. The highest BCUT2D eigenvalue weighted by Crippen LogP contribution is 2.19. The normalized spacial score (nSPS) is 15.5. The van der Waals surface area contributed by atoms with E-state index in [1.54, 1.807) is 30.1 Å². The molecule has 1 heterocycles. The molecule has 1 aliphatic rings. The summed E-state index contributed by atoms with van der Waals surface area (Å²) in [6.07, 6.45) is 3.79. The van der Waals surface area contributed by atoms with E-state index in [2.05, 4.69) is 0 Å². The van der Waals surface area contributed by atoms with Crippen LogP contribution in [0.2, 0.25) is 0 Å². The Morgan fingerprint density at radius 1 is 1.27 bits per heavy atom. The van der Waals surface area contributed by atoms with Crippen molar-refractivity contribution in [3.8, 4) is 0 Å². The van der Waals surface area contributed by atoms with Crippen molar-refractivity contribution in [2.24, 2.45) is 0 Å². The Balaban J connectivity index is 2.21. The summed E-state index contributed by atoms with van der Waals surface area (Å²) in [5, 5.41) is 0. The quantitative estimate of drug-likeness (QED) is 0.807. The van der Waals surface area contributed by atoms with Gasteiger partial charge in [0.2, 0.25) is 10.0 Å². The van der Waals surface area contributed by atoms with Crippen molar-refractivity contribution in [1.82, 2.24) is 9.21 Å². The molecule has 1 aromatic carbocycles. The van der Waals surface area contributed by atoms with E-state index in [9.17, 15) is 13.2 Å². The van der Waals surface area contributed by atoms with Crippen molar-refractivity contribution in [2.75, 3.05) is 26.7 Å². The lowest BCUT2D eigenvalue weighted by Crippen LogP contribution is -2.29. The third kappa shape index (κ3) is 3.67. The third-order valence-electron chi connectivity index (χ3n) is 4.01. The Labute approximate surface area is 133 Å². The largest absolute Gasteiger partial charge is 0.339 e. The fourth-order valence-electron chi connectivity index (χ4n) is 2.57. The number of nitrogens with zero attached hydrogens (tertiary/aromatic N) is 2. The molecule has 5 nitrogen and oxygen atoms in total. The molecular weight excluding hydrogens is 300 g/mol. The molecule has 0 atom stereocenters. The standard InChI is InChI=1S/C16H24N2O3S/c1-3-4-10-17(2)22(20,21)15-9-7-8-14(13-15)16(19)18-11-5-6-12-18/h7-9,13H,3-6,10-12H2,1-2H3. The van der Waals surface area contributed by atoms with Gasteiger partial charge in [-0.2, -0.15) is 0 Å². The number of amides is 1. The summed E-state index contributed by atoms with van der Waals surface area (Å²) < 4.78 is 26.4. The van der Waals surface area contributed by atoms with Crippen LogP contribution in [-0.4, -0.2) is 50.2 Å². The number of sulfonamides is 1. The van der Waals surface area contributed by atoms with E-state index >= 15 is 0 Å². The average molecular weight is 324 g/mol. The van der Waals surface area contributed by atoms with Crippen LogP contribution in [0.15, 0.2) is 29.2 Å². The van der Waals surface area contributed by atoms with Crippen LogP contribution in [0.4, 0.5) is 0 Å². The van der Waals surface area contributed by atoms with Crippen LogP contribution >= 0.6 is 0 Å². The van der Waals surface area contributed by atoms with Crippen molar-refractivity contribution < 1.29 is 13.2 Å². The van der Waals surface area contributed by atoms with Crippen molar-refractivity contribution in [3.05, 3.63) is 29.8 Å². The minimum absolute atomic E-state index is 0.0780. The molecule has 0 saturated carbocycles. The second-order valence-electron chi connectivity index (χ2n) is 5.71. The van der Waals surface area contributed by atoms with Gasteiger partial charge in [0.05, 0.1) is 4.90 Å². The van der Waals surface area contributed by atoms with E-state index in [0.717, 1.165) is 38.8 Å². The van der Waals surface area contributed by atoms with E-state index in [1.807, 2.05) is 6.92 Å². The van der Waals surface area contributed by atoms with Crippen LogP contribution in [0, 0.1) is 0 Å². The van der Waals surface area contributed by atoms with Crippen LogP contribution in [-0.2, 0) is 10.0 Å². The molecule has 0 unspecified atom stereocenters. The summed E-state index contributed by atoms with van der Waals surface area (Å²) in [4.78, 5) is 14.4. The monoisotopic (exact) mass is 324 g/mol. The number of hydrogen-bond acceptors (Lipinski definition) is 3. The van der Waals surface area contributed by atoms with Gasteiger partial charge < -0.3 is 4.90 Å². The smallest absolute Gasteiger partial charge is 0.253 e. The summed E-state index contributed by atoms with van der Waals surface area (Å²) in [7, 11) is -1.94. The van der Waals surface area contributed by atoms with E-state index in [0.29, 0.717) is 12.1 Å². The molecule has 2 rings (SSSR count). The number of rotatable bonds is 6. The summed E-state index contributed by atoms with van der Waals surface area (Å²) in [5.74, 6) is -0.0780. The molecule has 22 heavy (non-hydrogen) atoms. The van der Waals surface area contributed by atoms with E-state index in [1.165, 1.54) is 10.4 Å². The number of unbranched alkanes of at least 4 members (excludes halogenated alkanes) is 1. The number of carbonyl (C=O) groups is 1. The number of benzene rings is 1. The molecule has 1 fully saturated rings. The van der Waals surface area contributed by atoms with Crippen molar-refractivity contribution in [2.45, 2.75) is 37.5 Å². The predicted molar refractivity (Wildman–Crippen MR) is 86.3 cm³/mol. The molecule has 1 aliphatic heterocycles. The molecule has 1 amide bonds. The first-order valence-corrected chi connectivity index (χ1v) is 9.26. The molecule has 0 bridgehead atoms. The summed E-state index contributed by atoms with van der Waals surface area (Å²) in [6, 6.07) is 6.38. The molecule has 1 saturated heterocycles. The second-order valence-corrected chi connectivity index (χ2v) is 7.75. The second kappa shape index (κ2) is 7.24. The lowest BCUT2D eigenvalue weighted by molar-refractivity contribution is 0.0792. The molecule has 0 spiro atoms. The SMILES string of the molecule is CCCCN(C)S(=O)(=O)c1cccc(C(=O)N2CCCC2)c1. The topological polar surface area (TPSA) is 57.7 Å². The number of likely N-dealkylation sites (tertiary alicyclic amines) is 1. The maximum absolute atomic E-state index is 12.5. The van der Waals surface area contributed by atoms with E-state index in [-0.39, 0.29) is 10.8 Å². The van der Waals surface area contributed by atoms with E-state index in [4.69, 9.17) is 0 Å². The van der Waals surface area contributed by atoms with Gasteiger partial charge >= 0.3 is 0 Å². The predicted octanol–water partition coefficient (Wildman–Crippen LogP) is 2.34. The van der Waals surface area contributed by atoms with Crippen LogP contribution in [0.5, 0.6) is 0 Å². The van der Waals surface area contributed by atoms with Crippen LogP contribution in [0.1, 0.15) is 43.0 Å². The summed E-state index contributed by atoms with van der Waals surface area (Å²) in [6.45, 7) is 4.03. The Morgan fingerprint density at radius 2 is 1.95 bits per heavy atom. The van der Waals surface area contributed by atoms with Gasteiger partial charge in [0.15, 0.2) is 0 Å². The van der Waals surface area contributed by atoms with Crippen LogP contribution < -0.4 is 0 Å². The van der Waals surface area contributed by atoms with Gasteiger partial charge in [0, 0.05) is 32.2 Å². The van der Waals surface area contributed by atoms with Gasteiger partial charge in [-0.1, -0.05) is 19.4 Å². The van der Waals surface area contributed by atoms with Crippen LogP contribution in [0.3, 0.4) is 0 Å². The third-order valence-corrected chi connectivity index (χ3v) is 5.86. The van der Waals surface area contributed by atoms with Crippen LogP contribution in [0.25, 0.3) is 0 Å². The molecule has 122 valence electrons. The molecule has 0 radical (unpaired) electrons. The maximum Gasteiger partial charge on any atom is 0.253 e. The molecular formula is C16H24N2O3S. The molecule has 0 N–H and O–H groups in total. The van der Waals surface area contributed by atoms with Gasteiger partial charge in [-0.05, 0) is 37.5 Å². The fourth-order valence-corrected chi connectivity index (χ4v) is 3.83. The first kappa shape index (κ1) is 17.0. The van der Waals surface area contributed by atoms with Gasteiger partial charge in [-0.3, -0.25) is 4.79 Å². The minimum Gasteiger partial charge on any atom is -0.339 e. The molecule has 1 aromatic rings. The highest BCUT2D eigenvalue weighted by molar-refractivity contribution is 7.89. The lowest BCUT2D eigenvalue weighted by Gasteiger charge is -2.18. The lowest BCUT2D eigenvalue weighted by atomic mass is 10.2. The molecule has 0 aliphatic carbocycles. The van der Waals surface area contributed by atoms with Crippen molar-refractivity contribution in [3.63, 3.8) is 0 Å². The van der Waals surface area contributed by atoms with Gasteiger partial charge in [0.1, 0.15) is 0 Å². The highest BCUT2D eigenvalue weighted by atomic mass is 32.2.